The summed E-state index contributed by atoms with van der Waals surface area (Å²) in [6, 6.07) is 2.20. The lowest BCUT2D eigenvalue weighted by atomic mass is 9.94. The Balaban J connectivity index is 2.13. The fourth-order valence-corrected chi connectivity index (χ4v) is 2.36. The lowest BCUT2D eigenvalue weighted by molar-refractivity contribution is 0.0393. The lowest BCUT2D eigenvalue weighted by Crippen LogP contribution is -2.37. The first-order chi connectivity index (χ1) is 8.20. The quantitative estimate of drug-likeness (QED) is 0.571. The monoisotopic (exact) mass is 238 g/mol. The third-order valence-electron chi connectivity index (χ3n) is 3.78. The predicted molar refractivity (Wildman–Crippen MR) is 69.5 cm³/mol. The van der Waals surface area contributed by atoms with E-state index in [0.717, 1.165) is 19.4 Å². The maximum atomic E-state index is 8.95. The number of nitrogens with zero attached hydrogens (tertiary/aromatic N) is 1. The van der Waals surface area contributed by atoms with Crippen LogP contribution in [0.2, 0.25) is 0 Å². The molecular formula is C14H26N2O. The molecule has 1 unspecified atom stereocenters. The third kappa shape index (κ3) is 5.52. The maximum Gasteiger partial charge on any atom is 0.104 e. The number of ether oxygens (including phenoxy) is 1. The summed E-state index contributed by atoms with van der Waals surface area (Å²) in [5.74, 6) is 0. The Hall–Kier alpha value is -0.590. The molecule has 0 radical (unpaired) electrons. The molecule has 1 saturated carbocycles. The molecule has 17 heavy (non-hydrogen) atoms. The van der Waals surface area contributed by atoms with E-state index in [1.165, 1.54) is 38.5 Å². The van der Waals surface area contributed by atoms with Crippen molar-refractivity contribution in [1.82, 2.24) is 0 Å². The average molecular weight is 238 g/mol. The zero-order chi connectivity index (χ0) is 12.6. The summed E-state index contributed by atoms with van der Waals surface area (Å²) in [6.07, 6.45) is 10.5. The molecule has 3 nitrogen and oxygen atoms in total. The van der Waals surface area contributed by atoms with Crippen LogP contribution in [0, 0.1) is 11.3 Å². The molecule has 0 saturated heterocycles. The minimum Gasteiger partial charge on any atom is -0.378 e. The van der Waals surface area contributed by atoms with Crippen LogP contribution in [0.4, 0.5) is 0 Å². The first-order valence-corrected chi connectivity index (χ1v) is 7.02. The van der Waals surface area contributed by atoms with Gasteiger partial charge in [-0.1, -0.05) is 32.6 Å². The van der Waals surface area contributed by atoms with Gasteiger partial charge in [0.15, 0.2) is 0 Å². The molecule has 1 aliphatic carbocycles. The standard InChI is InChI=1S/C14H26N2O/c1-2-14(16,12-15)10-7-11-17-13-8-5-3-4-6-9-13/h13H,2-11,16H2,1H3. The summed E-state index contributed by atoms with van der Waals surface area (Å²) >= 11 is 0. The van der Waals surface area contributed by atoms with Crippen LogP contribution < -0.4 is 5.73 Å². The van der Waals surface area contributed by atoms with Crippen LogP contribution in [0.25, 0.3) is 0 Å². The van der Waals surface area contributed by atoms with Crippen molar-refractivity contribution in [2.75, 3.05) is 6.61 Å². The summed E-state index contributed by atoms with van der Waals surface area (Å²) in [7, 11) is 0. The van der Waals surface area contributed by atoms with Crippen molar-refractivity contribution in [3.63, 3.8) is 0 Å². The zero-order valence-electron chi connectivity index (χ0n) is 11.1. The Morgan fingerprint density at radius 3 is 2.47 bits per heavy atom. The SMILES string of the molecule is CCC(N)(C#N)CCCOC1CCCCCC1. The van der Waals surface area contributed by atoms with Gasteiger partial charge in [0.05, 0.1) is 12.2 Å². The molecule has 2 N–H and O–H groups in total. The molecule has 1 atom stereocenters. The second-order valence-corrected chi connectivity index (χ2v) is 5.21. The number of rotatable bonds is 6. The fourth-order valence-electron chi connectivity index (χ4n) is 2.36. The normalized spacial score (nSPS) is 21.5. The number of nitriles is 1. The second kappa shape index (κ2) is 7.68. The van der Waals surface area contributed by atoms with Gasteiger partial charge in [-0.2, -0.15) is 5.26 Å². The van der Waals surface area contributed by atoms with Gasteiger partial charge in [-0.05, 0) is 32.1 Å². The van der Waals surface area contributed by atoms with E-state index in [1.54, 1.807) is 0 Å². The number of hydrogen-bond acceptors (Lipinski definition) is 3. The Morgan fingerprint density at radius 1 is 1.29 bits per heavy atom. The molecule has 0 bridgehead atoms. The van der Waals surface area contributed by atoms with Crippen LogP contribution in [-0.2, 0) is 4.74 Å². The van der Waals surface area contributed by atoms with Crippen LogP contribution in [-0.4, -0.2) is 18.2 Å². The van der Waals surface area contributed by atoms with Crippen molar-refractivity contribution in [3.8, 4) is 6.07 Å². The van der Waals surface area contributed by atoms with Crippen LogP contribution in [0.1, 0.15) is 64.7 Å². The van der Waals surface area contributed by atoms with Crippen LogP contribution in [0.3, 0.4) is 0 Å². The van der Waals surface area contributed by atoms with Gasteiger partial charge in [0, 0.05) is 6.61 Å². The predicted octanol–water partition coefficient (Wildman–Crippen LogP) is 3.14. The highest BCUT2D eigenvalue weighted by molar-refractivity contribution is 5.03. The van der Waals surface area contributed by atoms with Gasteiger partial charge in [-0.3, -0.25) is 0 Å². The van der Waals surface area contributed by atoms with Gasteiger partial charge in [-0.25, -0.2) is 0 Å². The molecule has 0 amide bonds. The van der Waals surface area contributed by atoms with Gasteiger partial charge in [0.25, 0.3) is 0 Å². The first kappa shape index (κ1) is 14.5. The molecule has 0 aliphatic heterocycles. The molecule has 3 heteroatoms. The van der Waals surface area contributed by atoms with E-state index >= 15 is 0 Å². The van der Waals surface area contributed by atoms with Crippen LogP contribution >= 0.6 is 0 Å². The molecule has 0 aromatic heterocycles. The van der Waals surface area contributed by atoms with Gasteiger partial charge in [0.2, 0.25) is 0 Å². The highest BCUT2D eigenvalue weighted by Crippen LogP contribution is 2.20. The van der Waals surface area contributed by atoms with E-state index in [2.05, 4.69) is 6.07 Å². The van der Waals surface area contributed by atoms with E-state index in [1.807, 2.05) is 6.92 Å². The largest absolute Gasteiger partial charge is 0.378 e. The second-order valence-electron chi connectivity index (χ2n) is 5.21. The third-order valence-corrected chi connectivity index (χ3v) is 3.78. The first-order valence-electron chi connectivity index (χ1n) is 7.02. The van der Waals surface area contributed by atoms with Crippen LogP contribution in [0.5, 0.6) is 0 Å². The molecule has 0 heterocycles. The van der Waals surface area contributed by atoms with Crippen molar-refractivity contribution in [2.24, 2.45) is 5.73 Å². The minimum absolute atomic E-state index is 0.452. The molecule has 1 aliphatic rings. The number of hydrogen-bond donors (Lipinski definition) is 1. The molecule has 0 aromatic carbocycles. The van der Waals surface area contributed by atoms with Crippen LogP contribution in [0.15, 0.2) is 0 Å². The smallest absolute Gasteiger partial charge is 0.104 e. The molecule has 1 fully saturated rings. The lowest BCUT2D eigenvalue weighted by Gasteiger charge is -2.20. The average Bonchev–Trinajstić information content (AvgIpc) is 2.63. The van der Waals surface area contributed by atoms with E-state index in [4.69, 9.17) is 15.7 Å². The zero-order valence-corrected chi connectivity index (χ0v) is 11.1. The van der Waals surface area contributed by atoms with Crippen molar-refractivity contribution in [3.05, 3.63) is 0 Å². The molecule has 1 rings (SSSR count). The number of nitrogens with two attached hydrogens (primary N) is 1. The van der Waals surface area contributed by atoms with Gasteiger partial charge in [-0.15, -0.1) is 0 Å². The Kier molecular flexibility index (Phi) is 6.54. The summed E-state index contributed by atoms with van der Waals surface area (Å²) in [6.45, 7) is 2.72. The maximum absolute atomic E-state index is 8.95. The van der Waals surface area contributed by atoms with E-state index in [9.17, 15) is 0 Å². The van der Waals surface area contributed by atoms with Crippen molar-refractivity contribution in [2.45, 2.75) is 76.4 Å². The minimum atomic E-state index is -0.646. The summed E-state index contributed by atoms with van der Waals surface area (Å²) < 4.78 is 5.88. The Bertz CT molecular complexity index is 241. The summed E-state index contributed by atoms with van der Waals surface area (Å²) in [5, 5.41) is 8.95. The van der Waals surface area contributed by atoms with E-state index < -0.39 is 5.54 Å². The van der Waals surface area contributed by atoms with E-state index in [-0.39, 0.29) is 0 Å². The van der Waals surface area contributed by atoms with Gasteiger partial charge < -0.3 is 10.5 Å². The van der Waals surface area contributed by atoms with Gasteiger partial charge >= 0.3 is 0 Å². The highest BCUT2D eigenvalue weighted by atomic mass is 16.5. The fraction of sp³-hybridized carbons (Fsp3) is 0.929. The Labute approximate surface area is 105 Å². The van der Waals surface area contributed by atoms with Crippen molar-refractivity contribution in [1.29, 1.82) is 5.26 Å². The Morgan fingerprint density at radius 2 is 1.94 bits per heavy atom. The summed E-state index contributed by atoms with van der Waals surface area (Å²) in [4.78, 5) is 0. The topological polar surface area (TPSA) is 59.0 Å². The van der Waals surface area contributed by atoms with Crippen molar-refractivity contribution < 1.29 is 4.74 Å². The van der Waals surface area contributed by atoms with Gasteiger partial charge in [0.1, 0.15) is 5.54 Å². The molecular weight excluding hydrogens is 212 g/mol. The summed E-state index contributed by atoms with van der Waals surface area (Å²) in [5.41, 5.74) is 5.28. The molecule has 0 spiro atoms. The highest BCUT2D eigenvalue weighted by Gasteiger charge is 2.21. The van der Waals surface area contributed by atoms with E-state index in [0.29, 0.717) is 12.5 Å². The van der Waals surface area contributed by atoms with Crippen molar-refractivity contribution >= 4 is 0 Å². The molecule has 0 aromatic rings. The molecule has 98 valence electrons.